The average Bonchev–Trinajstić information content (AvgIpc) is 3.44. The van der Waals surface area contributed by atoms with Crippen LogP contribution >= 0.6 is 11.8 Å². The molecular formula is C20H21N5O2S. The lowest BCUT2D eigenvalue weighted by molar-refractivity contribution is -0.119. The number of rotatable bonds is 7. The summed E-state index contributed by atoms with van der Waals surface area (Å²) in [6, 6.07) is 15.7. The molecule has 3 aromatic rings. The van der Waals surface area contributed by atoms with Gasteiger partial charge in [0, 0.05) is 18.7 Å². The maximum Gasteiger partial charge on any atom is 0.230 e. The summed E-state index contributed by atoms with van der Waals surface area (Å²) >= 11 is 1.36. The molecule has 4 rings (SSSR count). The second-order valence-corrected chi connectivity index (χ2v) is 7.45. The highest BCUT2D eigenvalue weighted by Gasteiger charge is 2.16. The van der Waals surface area contributed by atoms with Crippen molar-refractivity contribution >= 4 is 17.7 Å². The highest BCUT2D eigenvalue weighted by atomic mass is 32.2. The first-order valence-electron chi connectivity index (χ1n) is 9.24. The zero-order chi connectivity index (χ0) is 19.2. The summed E-state index contributed by atoms with van der Waals surface area (Å²) in [7, 11) is 0. The van der Waals surface area contributed by atoms with Gasteiger partial charge in [0.25, 0.3) is 0 Å². The van der Waals surface area contributed by atoms with Gasteiger partial charge in [-0.15, -0.1) is 10.2 Å². The van der Waals surface area contributed by atoms with Crippen LogP contribution in [0.5, 0.6) is 0 Å². The molecular weight excluding hydrogens is 374 g/mol. The number of nitrogens with one attached hydrogen (secondary N) is 1. The number of ether oxygens (including phenoxy) is 1. The SMILES string of the molecule is O=C(CSc1ccc(-n2nccc2-c2ccccc2)nn1)NCC1CCCO1. The van der Waals surface area contributed by atoms with Gasteiger partial charge in [-0.3, -0.25) is 4.79 Å². The van der Waals surface area contributed by atoms with E-state index in [1.807, 2.05) is 48.5 Å². The Balaban J connectivity index is 1.34. The molecule has 3 heterocycles. The van der Waals surface area contributed by atoms with Gasteiger partial charge in [-0.1, -0.05) is 42.1 Å². The molecule has 0 aliphatic carbocycles. The fourth-order valence-electron chi connectivity index (χ4n) is 3.04. The van der Waals surface area contributed by atoms with E-state index in [0.717, 1.165) is 30.7 Å². The summed E-state index contributed by atoms with van der Waals surface area (Å²) in [4.78, 5) is 12.0. The molecule has 1 aliphatic heterocycles. The van der Waals surface area contributed by atoms with Crippen LogP contribution in [-0.2, 0) is 9.53 Å². The fraction of sp³-hybridized carbons (Fsp3) is 0.300. The quantitative estimate of drug-likeness (QED) is 0.620. The molecule has 1 saturated heterocycles. The van der Waals surface area contributed by atoms with Crippen molar-refractivity contribution in [1.29, 1.82) is 0 Å². The standard InChI is InChI=1S/C20H21N5O2S/c26-19(21-13-16-7-4-12-27-16)14-28-20-9-8-18(23-24-20)25-17(10-11-22-25)15-5-2-1-3-6-15/h1-3,5-6,8-11,16H,4,7,12-14H2,(H,21,26). The minimum atomic E-state index is -0.0233. The number of nitrogens with zero attached hydrogens (tertiary/aromatic N) is 4. The van der Waals surface area contributed by atoms with Crippen molar-refractivity contribution < 1.29 is 9.53 Å². The van der Waals surface area contributed by atoms with Gasteiger partial charge in [0.15, 0.2) is 5.82 Å². The van der Waals surface area contributed by atoms with Crippen LogP contribution in [-0.4, -0.2) is 50.9 Å². The zero-order valence-corrected chi connectivity index (χ0v) is 16.1. The maximum atomic E-state index is 12.0. The molecule has 0 bridgehead atoms. The van der Waals surface area contributed by atoms with Crippen molar-refractivity contribution in [2.75, 3.05) is 18.9 Å². The summed E-state index contributed by atoms with van der Waals surface area (Å²) in [5.74, 6) is 0.915. The van der Waals surface area contributed by atoms with Gasteiger partial charge in [-0.05, 0) is 31.0 Å². The van der Waals surface area contributed by atoms with Crippen molar-refractivity contribution in [2.24, 2.45) is 0 Å². The van der Waals surface area contributed by atoms with Gasteiger partial charge >= 0.3 is 0 Å². The highest BCUT2D eigenvalue weighted by molar-refractivity contribution is 7.99. The van der Waals surface area contributed by atoms with E-state index in [1.165, 1.54) is 11.8 Å². The van der Waals surface area contributed by atoms with Crippen molar-refractivity contribution in [1.82, 2.24) is 25.3 Å². The number of hydrogen-bond acceptors (Lipinski definition) is 6. The smallest absolute Gasteiger partial charge is 0.230 e. The third kappa shape index (κ3) is 4.58. The van der Waals surface area contributed by atoms with Crippen molar-refractivity contribution in [3.8, 4) is 17.1 Å². The molecule has 1 aliphatic rings. The Morgan fingerprint density at radius 1 is 1.18 bits per heavy atom. The zero-order valence-electron chi connectivity index (χ0n) is 15.3. The van der Waals surface area contributed by atoms with Crippen LogP contribution in [0.15, 0.2) is 59.8 Å². The van der Waals surface area contributed by atoms with Gasteiger partial charge < -0.3 is 10.1 Å². The van der Waals surface area contributed by atoms with E-state index in [0.29, 0.717) is 23.1 Å². The summed E-state index contributed by atoms with van der Waals surface area (Å²) in [6.07, 6.45) is 3.98. The molecule has 144 valence electrons. The van der Waals surface area contributed by atoms with Gasteiger partial charge in [0.05, 0.1) is 23.7 Å². The topological polar surface area (TPSA) is 81.9 Å². The Morgan fingerprint density at radius 2 is 2.07 bits per heavy atom. The minimum Gasteiger partial charge on any atom is -0.376 e. The van der Waals surface area contributed by atoms with E-state index in [1.54, 1.807) is 10.9 Å². The molecule has 2 aromatic heterocycles. The van der Waals surface area contributed by atoms with Crippen LogP contribution in [0.4, 0.5) is 0 Å². The molecule has 8 heteroatoms. The van der Waals surface area contributed by atoms with Crippen molar-refractivity contribution in [3.05, 3.63) is 54.7 Å². The third-order valence-electron chi connectivity index (χ3n) is 4.46. The number of aromatic nitrogens is 4. The van der Waals surface area contributed by atoms with E-state index >= 15 is 0 Å². The summed E-state index contributed by atoms with van der Waals surface area (Å²) < 4.78 is 7.26. The number of benzene rings is 1. The number of carbonyl (C=O) groups excluding carboxylic acids is 1. The molecule has 0 spiro atoms. The first-order valence-corrected chi connectivity index (χ1v) is 10.2. The Morgan fingerprint density at radius 3 is 2.82 bits per heavy atom. The first-order chi connectivity index (χ1) is 13.8. The van der Waals surface area contributed by atoms with E-state index in [9.17, 15) is 4.79 Å². The number of carbonyl (C=O) groups is 1. The van der Waals surface area contributed by atoms with Crippen LogP contribution in [0.25, 0.3) is 17.1 Å². The van der Waals surface area contributed by atoms with Crippen LogP contribution in [0.2, 0.25) is 0 Å². The molecule has 1 aromatic carbocycles. The average molecular weight is 395 g/mol. The Bertz CT molecular complexity index is 908. The van der Waals surface area contributed by atoms with Crippen LogP contribution in [0.1, 0.15) is 12.8 Å². The lowest BCUT2D eigenvalue weighted by Gasteiger charge is -2.10. The molecule has 1 amide bonds. The molecule has 7 nitrogen and oxygen atoms in total. The molecule has 28 heavy (non-hydrogen) atoms. The minimum absolute atomic E-state index is 0.0233. The third-order valence-corrected chi connectivity index (χ3v) is 5.38. The monoisotopic (exact) mass is 395 g/mol. The maximum absolute atomic E-state index is 12.0. The normalized spacial score (nSPS) is 16.2. The van der Waals surface area contributed by atoms with Crippen LogP contribution < -0.4 is 5.32 Å². The van der Waals surface area contributed by atoms with Gasteiger partial charge in [-0.25, -0.2) is 4.68 Å². The van der Waals surface area contributed by atoms with E-state index in [2.05, 4.69) is 20.6 Å². The lowest BCUT2D eigenvalue weighted by atomic mass is 10.1. The van der Waals surface area contributed by atoms with E-state index in [4.69, 9.17) is 4.74 Å². The number of thioether (sulfide) groups is 1. The summed E-state index contributed by atoms with van der Waals surface area (Å²) in [5, 5.41) is 16.5. The van der Waals surface area contributed by atoms with Crippen LogP contribution in [0, 0.1) is 0 Å². The number of amides is 1. The molecule has 1 fully saturated rings. The molecule has 1 atom stereocenters. The summed E-state index contributed by atoms with van der Waals surface area (Å²) in [6.45, 7) is 1.37. The molecule has 0 saturated carbocycles. The Kier molecular flexibility index (Phi) is 5.98. The highest BCUT2D eigenvalue weighted by Crippen LogP contribution is 2.22. The van der Waals surface area contributed by atoms with Gasteiger partial charge in [0.1, 0.15) is 5.03 Å². The predicted molar refractivity (Wildman–Crippen MR) is 107 cm³/mol. The lowest BCUT2D eigenvalue weighted by Crippen LogP contribution is -2.32. The second-order valence-electron chi connectivity index (χ2n) is 6.45. The Hall–Kier alpha value is -2.71. The largest absolute Gasteiger partial charge is 0.376 e. The molecule has 0 radical (unpaired) electrons. The van der Waals surface area contributed by atoms with Gasteiger partial charge in [0.2, 0.25) is 5.91 Å². The van der Waals surface area contributed by atoms with E-state index < -0.39 is 0 Å². The number of hydrogen-bond donors (Lipinski definition) is 1. The predicted octanol–water partition coefficient (Wildman–Crippen LogP) is 2.72. The summed E-state index contributed by atoms with van der Waals surface area (Å²) in [5.41, 5.74) is 2.01. The van der Waals surface area contributed by atoms with E-state index in [-0.39, 0.29) is 12.0 Å². The van der Waals surface area contributed by atoms with Crippen LogP contribution in [0.3, 0.4) is 0 Å². The second kappa shape index (κ2) is 8.99. The van der Waals surface area contributed by atoms with Crippen molar-refractivity contribution in [3.63, 3.8) is 0 Å². The van der Waals surface area contributed by atoms with Gasteiger partial charge in [-0.2, -0.15) is 5.10 Å². The first kappa shape index (κ1) is 18.6. The molecule has 1 unspecified atom stereocenters. The van der Waals surface area contributed by atoms with Crippen molar-refractivity contribution in [2.45, 2.75) is 24.0 Å². The fourth-order valence-corrected chi connectivity index (χ4v) is 3.68. The molecule has 1 N–H and O–H groups in total. The Labute approximate surface area is 167 Å².